The van der Waals surface area contributed by atoms with E-state index in [4.69, 9.17) is 0 Å². The Morgan fingerprint density at radius 3 is 2.60 bits per heavy atom. The molecule has 2 N–H and O–H groups in total. The molecule has 0 aliphatic rings. The number of aromatic nitrogens is 2. The first-order valence-corrected chi connectivity index (χ1v) is 6.96. The second-order valence-corrected chi connectivity index (χ2v) is 5.44. The Kier molecular flexibility index (Phi) is 4.56. The standard InChI is InChI=1S/C16H21N3O/c1-11(2)9-15(20)18-12(3)16-17-10-14(19-16)13-7-5-4-6-8-13/h4-8,10-12H,9H2,1-3H3,(H,17,19)(H,18,20)/t12-/m1/s1. The SMILES string of the molecule is CC(C)CC(=O)N[C@H](C)c1ncc(-c2ccccc2)[nH]1. The van der Waals surface area contributed by atoms with E-state index in [1.54, 1.807) is 6.20 Å². The van der Waals surface area contributed by atoms with Crippen LogP contribution in [0.3, 0.4) is 0 Å². The van der Waals surface area contributed by atoms with E-state index in [0.717, 1.165) is 17.1 Å². The van der Waals surface area contributed by atoms with Gasteiger partial charge in [0.05, 0.1) is 17.9 Å². The third-order valence-electron chi connectivity index (χ3n) is 3.06. The van der Waals surface area contributed by atoms with E-state index >= 15 is 0 Å². The van der Waals surface area contributed by atoms with Crippen LogP contribution in [-0.4, -0.2) is 15.9 Å². The highest BCUT2D eigenvalue weighted by molar-refractivity contribution is 5.76. The molecule has 1 aromatic carbocycles. The van der Waals surface area contributed by atoms with E-state index in [2.05, 4.69) is 15.3 Å². The van der Waals surface area contributed by atoms with Gasteiger partial charge in [0, 0.05) is 6.42 Å². The average molecular weight is 271 g/mol. The predicted molar refractivity (Wildman–Crippen MR) is 80.0 cm³/mol. The van der Waals surface area contributed by atoms with Crippen molar-refractivity contribution in [2.24, 2.45) is 5.92 Å². The van der Waals surface area contributed by atoms with Crippen molar-refractivity contribution in [3.63, 3.8) is 0 Å². The lowest BCUT2D eigenvalue weighted by Crippen LogP contribution is -2.28. The van der Waals surface area contributed by atoms with E-state index < -0.39 is 0 Å². The summed E-state index contributed by atoms with van der Waals surface area (Å²) in [5.74, 6) is 1.20. The molecule has 0 spiro atoms. The zero-order chi connectivity index (χ0) is 14.5. The minimum absolute atomic E-state index is 0.0603. The summed E-state index contributed by atoms with van der Waals surface area (Å²) in [5.41, 5.74) is 2.05. The fourth-order valence-corrected chi connectivity index (χ4v) is 2.06. The van der Waals surface area contributed by atoms with Gasteiger partial charge in [0.25, 0.3) is 0 Å². The third-order valence-corrected chi connectivity index (χ3v) is 3.06. The van der Waals surface area contributed by atoms with Gasteiger partial charge in [-0.3, -0.25) is 4.79 Å². The normalized spacial score (nSPS) is 12.4. The second kappa shape index (κ2) is 6.37. The van der Waals surface area contributed by atoms with Crippen LogP contribution in [-0.2, 0) is 4.79 Å². The van der Waals surface area contributed by atoms with Gasteiger partial charge in [0.1, 0.15) is 5.82 Å². The predicted octanol–water partition coefficient (Wildman–Crippen LogP) is 3.30. The number of carbonyl (C=O) groups is 1. The molecule has 1 amide bonds. The van der Waals surface area contributed by atoms with E-state index in [1.165, 1.54) is 0 Å². The van der Waals surface area contributed by atoms with Crippen molar-refractivity contribution in [3.05, 3.63) is 42.4 Å². The number of hydrogen-bond donors (Lipinski definition) is 2. The molecule has 1 aromatic heterocycles. The summed E-state index contributed by atoms with van der Waals surface area (Å²) < 4.78 is 0. The molecule has 0 saturated heterocycles. The molecule has 0 aliphatic heterocycles. The molecule has 0 bridgehead atoms. The van der Waals surface area contributed by atoms with E-state index in [9.17, 15) is 4.79 Å². The highest BCUT2D eigenvalue weighted by Crippen LogP contribution is 2.18. The number of benzene rings is 1. The molecular formula is C16H21N3O. The van der Waals surface area contributed by atoms with Gasteiger partial charge in [0.2, 0.25) is 5.91 Å². The van der Waals surface area contributed by atoms with Gasteiger partial charge in [-0.15, -0.1) is 0 Å². The van der Waals surface area contributed by atoms with Gasteiger partial charge in [-0.05, 0) is 18.4 Å². The lowest BCUT2D eigenvalue weighted by Gasteiger charge is -2.12. The van der Waals surface area contributed by atoms with Crippen molar-refractivity contribution in [1.82, 2.24) is 15.3 Å². The summed E-state index contributed by atoms with van der Waals surface area (Å²) >= 11 is 0. The number of rotatable bonds is 5. The molecule has 2 aromatic rings. The van der Waals surface area contributed by atoms with Crippen molar-refractivity contribution in [3.8, 4) is 11.3 Å². The minimum Gasteiger partial charge on any atom is -0.346 e. The summed E-state index contributed by atoms with van der Waals surface area (Å²) in [6.07, 6.45) is 2.34. The highest BCUT2D eigenvalue weighted by Gasteiger charge is 2.14. The van der Waals surface area contributed by atoms with Gasteiger partial charge in [0.15, 0.2) is 0 Å². The van der Waals surface area contributed by atoms with Crippen LogP contribution in [0, 0.1) is 5.92 Å². The number of H-pyrrole nitrogens is 1. The molecule has 1 heterocycles. The maximum atomic E-state index is 11.8. The number of hydrogen-bond acceptors (Lipinski definition) is 2. The number of nitrogens with one attached hydrogen (secondary N) is 2. The molecule has 0 fully saturated rings. The van der Waals surface area contributed by atoms with Crippen LogP contribution in [0.15, 0.2) is 36.5 Å². The monoisotopic (exact) mass is 271 g/mol. The molecule has 0 saturated carbocycles. The number of imidazole rings is 1. The fourth-order valence-electron chi connectivity index (χ4n) is 2.06. The van der Waals surface area contributed by atoms with Gasteiger partial charge in [-0.1, -0.05) is 44.2 Å². The van der Waals surface area contributed by atoms with Crippen LogP contribution in [0.25, 0.3) is 11.3 Å². The van der Waals surface area contributed by atoms with Crippen LogP contribution in [0.2, 0.25) is 0 Å². The number of carbonyl (C=O) groups excluding carboxylic acids is 1. The quantitative estimate of drug-likeness (QED) is 0.876. The first-order chi connectivity index (χ1) is 9.56. The Morgan fingerprint density at radius 2 is 1.95 bits per heavy atom. The summed E-state index contributed by atoms with van der Waals surface area (Å²) in [7, 11) is 0. The Hall–Kier alpha value is -2.10. The van der Waals surface area contributed by atoms with Crippen LogP contribution < -0.4 is 5.32 Å². The maximum absolute atomic E-state index is 11.8. The second-order valence-electron chi connectivity index (χ2n) is 5.44. The van der Waals surface area contributed by atoms with Crippen molar-refractivity contribution >= 4 is 5.91 Å². The van der Waals surface area contributed by atoms with Gasteiger partial charge < -0.3 is 10.3 Å². The minimum atomic E-state index is -0.112. The van der Waals surface area contributed by atoms with Gasteiger partial charge >= 0.3 is 0 Å². The molecule has 0 aliphatic carbocycles. The summed E-state index contributed by atoms with van der Waals surface area (Å²) in [6, 6.07) is 9.90. The molecule has 4 nitrogen and oxygen atoms in total. The zero-order valence-corrected chi connectivity index (χ0v) is 12.2. The summed E-state index contributed by atoms with van der Waals surface area (Å²) in [5, 5.41) is 2.96. The third kappa shape index (κ3) is 3.70. The first-order valence-electron chi connectivity index (χ1n) is 6.96. The van der Waals surface area contributed by atoms with Crippen molar-refractivity contribution in [2.75, 3.05) is 0 Å². The zero-order valence-electron chi connectivity index (χ0n) is 12.2. The molecule has 20 heavy (non-hydrogen) atoms. The van der Waals surface area contributed by atoms with Crippen molar-refractivity contribution < 1.29 is 4.79 Å². The molecule has 4 heteroatoms. The smallest absolute Gasteiger partial charge is 0.220 e. The van der Waals surface area contributed by atoms with E-state index in [-0.39, 0.29) is 11.9 Å². The molecule has 2 rings (SSSR count). The average Bonchev–Trinajstić information content (AvgIpc) is 2.88. The topological polar surface area (TPSA) is 57.8 Å². The largest absolute Gasteiger partial charge is 0.346 e. The first kappa shape index (κ1) is 14.3. The molecule has 0 unspecified atom stereocenters. The molecule has 0 radical (unpaired) electrons. The Labute approximate surface area is 119 Å². The Balaban J connectivity index is 2.03. The Bertz CT molecular complexity index is 560. The van der Waals surface area contributed by atoms with Gasteiger partial charge in [-0.2, -0.15) is 0 Å². The van der Waals surface area contributed by atoms with Crippen LogP contribution in [0.1, 0.15) is 39.1 Å². The number of amides is 1. The lowest BCUT2D eigenvalue weighted by molar-refractivity contribution is -0.122. The fraction of sp³-hybridized carbons (Fsp3) is 0.375. The molecule has 106 valence electrons. The maximum Gasteiger partial charge on any atom is 0.220 e. The molecular weight excluding hydrogens is 250 g/mol. The van der Waals surface area contributed by atoms with Gasteiger partial charge in [-0.25, -0.2) is 4.98 Å². The number of nitrogens with zero attached hydrogens (tertiary/aromatic N) is 1. The van der Waals surface area contributed by atoms with Crippen molar-refractivity contribution in [2.45, 2.75) is 33.2 Å². The Morgan fingerprint density at radius 1 is 1.25 bits per heavy atom. The lowest BCUT2D eigenvalue weighted by atomic mass is 10.1. The number of aromatic amines is 1. The highest BCUT2D eigenvalue weighted by atomic mass is 16.1. The van der Waals surface area contributed by atoms with Crippen LogP contribution >= 0.6 is 0 Å². The van der Waals surface area contributed by atoms with E-state index in [1.807, 2.05) is 51.1 Å². The van der Waals surface area contributed by atoms with Crippen LogP contribution in [0.4, 0.5) is 0 Å². The van der Waals surface area contributed by atoms with Crippen molar-refractivity contribution in [1.29, 1.82) is 0 Å². The van der Waals surface area contributed by atoms with Crippen LogP contribution in [0.5, 0.6) is 0 Å². The summed E-state index contributed by atoms with van der Waals surface area (Å²) in [6.45, 7) is 6.00. The summed E-state index contributed by atoms with van der Waals surface area (Å²) in [4.78, 5) is 19.4. The molecule has 1 atom stereocenters. The van der Waals surface area contributed by atoms with E-state index in [0.29, 0.717) is 12.3 Å².